The summed E-state index contributed by atoms with van der Waals surface area (Å²) >= 11 is 3.41. The number of hydrogen-bond acceptors (Lipinski definition) is 4. The number of benzene rings is 3. The first-order valence-corrected chi connectivity index (χ1v) is 15.4. The van der Waals surface area contributed by atoms with Gasteiger partial charge >= 0.3 is 10.2 Å². The maximum absolute atomic E-state index is 14.9. The summed E-state index contributed by atoms with van der Waals surface area (Å²) in [6.45, 7) is 3.67. The molecule has 41 heavy (non-hydrogen) atoms. The fraction of sp³-hybridized carbons (Fsp3) is 0.333. The van der Waals surface area contributed by atoms with Crippen molar-refractivity contribution in [1.82, 2.24) is 14.5 Å². The van der Waals surface area contributed by atoms with Gasteiger partial charge < -0.3 is 10.2 Å². The summed E-state index contributed by atoms with van der Waals surface area (Å²) in [5.74, 6) is -1.63. The smallest absolute Gasteiger partial charge is 0.304 e. The Balaban J connectivity index is 2.09. The minimum Gasteiger partial charge on any atom is -0.354 e. The molecule has 11 heteroatoms. The second-order valence-corrected chi connectivity index (χ2v) is 13.2. The zero-order valence-corrected chi connectivity index (χ0v) is 26.0. The highest BCUT2D eigenvalue weighted by molar-refractivity contribution is 9.10. The van der Waals surface area contributed by atoms with Crippen LogP contribution in [0.5, 0.6) is 0 Å². The molecule has 1 N–H and O–H groups in total. The lowest BCUT2D eigenvalue weighted by Gasteiger charge is -2.34. The molecule has 3 aromatic rings. The van der Waals surface area contributed by atoms with Crippen LogP contribution >= 0.6 is 15.9 Å². The van der Waals surface area contributed by atoms with E-state index in [1.807, 2.05) is 68.4 Å². The molecule has 220 valence electrons. The van der Waals surface area contributed by atoms with Crippen LogP contribution in [0.4, 0.5) is 10.1 Å². The Morgan fingerprint density at radius 1 is 0.902 bits per heavy atom. The third-order valence-electron chi connectivity index (χ3n) is 6.36. The number of rotatable bonds is 13. The number of hydrogen-bond donors (Lipinski definition) is 1. The molecular formula is C30H36BrFN4O4S. The molecule has 0 saturated carbocycles. The number of nitrogens with one attached hydrogen (secondary N) is 1. The molecule has 2 amide bonds. The quantitative estimate of drug-likeness (QED) is 0.294. The Kier molecular flexibility index (Phi) is 11.5. The van der Waals surface area contributed by atoms with Crippen LogP contribution in [0, 0.1) is 11.7 Å². The van der Waals surface area contributed by atoms with Crippen molar-refractivity contribution in [2.75, 3.05) is 31.5 Å². The average molecular weight is 648 g/mol. The van der Waals surface area contributed by atoms with E-state index in [0.717, 1.165) is 30.3 Å². The van der Waals surface area contributed by atoms with Crippen molar-refractivity contribution < 1.29 is 22.4 Å². The molecule has 0 radical (unpaired) electrons. The number of carbonyl (C=O) groups excluding carboxylic acids is 2. The van der Waals surface area contributed by atoms with Crippen LogP contribution in [0.3, 0.4) is 0 Å². The van der Waals surface area contributed by atoms with E-state index < -0.39 is 34.5 Å². The molecule has 0 aliphatic carbocycles. The molecule has 0 heterocycles. The Hall–Kier alpha value is -3.28. The molecule has 1 atom stereocenters. The number of para-hydroxylation sites is 1. The van der Waals surface area contributed by atoms with E-state index in [0.29, 0.717) is 6.54 Å². The maximum Gasteiger partial charge on any atom is 0.304 e. The number of anilines is 1. The van der Waals surface area contributed by atoms with Crippen molar-refractivity contribution in [3.63, 3.8) is 0 Å². The van der Waals surface area contributed by atoms with Crippen molar-refractivity contribution in [3.05, 3.63) is 100 Å². The van der Waals surface area contributed by atoms with Gasteiger partial charge in [0.15, 0.2) is 0 Å². The second-order valence-electron chi connectivity index (χ2n) is 10.2. The lowest BCUT2D eigenvalue weighted by molar-refractivity contribution is -0.140. The van der Waals surface area contributed by atoms with Gasteiger partial charge in [-0.2, -0.15) is 12.7 Å². The van der Waals surface area contributed by atoms with Gasteiger partial charge in [0.2, 0.25) is 11.8 Å². The van der Waals surface area contributed by atoms with Gasteiger partial charge in [-0.1, -0.05) is 84.4 Å². The molecule has 0 bridgehead atoms. The third kappa shape index (κ3) is 8.85. The molecule has 3 rings (SSSR count). The van der Waals surface area contributed by atoms with E-state index in [1.54, 1.807) is 0 Å². The highest BCUT2D eigenvalue weighted by atomic mass is 79.9. The first kappa shape index (κ1) is 32.2. The van der Waals surface area contributed by atoms with Crippen LogP contribution < -0.4 is 9.62 Å². The van der Waals surface area contributed by atoms with Crippen molar-refractivity contribution in [2.45, 2.75) is 32.9 Å². The zero-order chi connectivity index (χ0) is 30.2. The van der Waals surface area contributed by atoms with Crippen LogP contribution in [0.25, 0.3) is 0 Å². The topological polar surface area (TPSA) is 90.0 Å². The van der Waals surface area contributed by atoms with Crippen molar-refractivity contribution >= 4 is 43.6 Å². The molecule has 0 aliphatic rings. The fourth-order valence-electron chi connectivity index (χ4n) is 4.12. The highest BCUT2D eigenvalue weighted by Crippen LogP contribution is 2.24. The summed E-state index contributed by atoms with van der Waals surface area (Å²) in [7, 11) is -1.65. The standard InChI is InChI=1S/C30H36BrFN4O4S/c1-22(2)19-33-30(38)28(18-23-10-6-5-7-11-23)35(20-24-14-16-25(31)17-15-24)29(37)21-36(41(39,40)34(3)4)27-13-9-8-12-26(27)32/h5-17,22,28H,18-21H2,1-4H3,(H,33,38)/t28-/m0/s1. The first-order valence-electron chi connectivity index (χ1n) is 13.2. The van der Waals surface area contributed by atoms with Gasteiger partial charge in [-0.3, -0.25) is 9.59 Å². The Morgan fingerprint density at radius 3 is 2.10 bits per heavy atom. The van der Waals surface area contributed by atoms with Gasteiger partial charge in [0.05, 0.1) is 5.69 Å². The minimum absolute atomic E-state index is 0.0336. The SMILES string of the molecule is CC(C)CNC(=O)[C@H](Cc1ccccc1)N(Cc1ccc(Br)cc1)C(=O)CN(c1ccccc1F)S(=O)(=O)N(C)C. The zero-order valence-electron chi connectivity index (χ0n) is 23.6. The minimum atomic E-state index is -4.28. The van der Waals surface area contributed by atoms with Gasteiger partial charge in [0.1, 0.15) is 18.4 Å². The van der Waals surface area contributed by atoms with E-state index >= 15 is 0 Å². The van der Waals surface area contributed by atoms with Crippen molar-refractivity contribution in [1.29, 1.82) is 0 Å². The first-order chi connectivity index (χ1) is 19.4. The largest absolute Gasteiger partial charge is 0.354 e. The average Bonchev–Trinajstić information content (AvgIpc) is 2.94. The van der Waals surface area contributed by atoms with Crippen LogP contribution in [-0.4, -0.2) is 62.7 Å². The highest BCUT2D eigenvalue weighted by Gasteiger charge is 2.35. The molecule has 0 fully saturated rings. The molecule has 0 saturated heterocycles. The number of halogens is 2. The monoisotopic (exact) mass is 646 g/mol. The van der Waals surface area contributed by atoms with Gasteiger partial charge in [-0.15, -0.1) is 0 Å². The Morgan fingerprint density at radius 2 is 1.51 bits per heavy atom. The predicted molar refractivity (Wildman–Crippen MR) is 163 cm³/mol. The fourth-order valence-corrected chi connectivity index (χ4v) is 5.45. The van der Waals surface area contributed by atoms with E-state index in [4.69, 9.17) is 0 Å². The Bertz CT molecular complexity index is 1420. The normalized spacial score (nSPS) is 12.3. The molecular weight excluding hydrogens is 611 g/mol. The third-order valence-corrected chi connectivity index (χ3v) is 8.70. The van der Waals surface area contributed by atoms with E-state index in [9.17, 15) is 22.4 Å². The molecule has 0 unspecified atom stereocenters. The predicted octanol–water partition coefficient (Wildman–Crippen LogP) is 4.61. The van der Waals surface area contributed by atoms with Crippen molar-refractivity contribution in [3.8, 4) is 0 Å². The molecule has 0 spiro atoms. The number of carbonyl (C=O) groups is 2. The van der Waals surface area contributed by atoms with Crippen molar-refractivity contribution in [2.24, 2.45) is 5.92 Å². The second kappa shape index (κ2) is 14.6. The van der Waals surface area contributed by atoms with Gasteiger partial charge in [0, 0.05) is 38.1 Å². The molecule has 0 aromatic heterocycles. The van der Waals surface area contributed by atoms with Gasteiger partial charge in [-0.05, 0) is 41.3 Å². The lowest BCUT2D eigenvalue weighted by atomic mass is 10.0. The summed E-state index contributed by atoms with van der Waals surface area (Å²) in [6.07, 6.45) is 0.202. The summed E-state index contributed by atoms with van der Waals surface area (Å²) in [4.78, 5) is 29.2. The molecule has 8 nitrogen and oxygen atoms in total. The number of amides is 2. The van der Waals surface area contributed by atoms with Gasteiger partial charge in [-0.25, -0.2) is 8.70 Å². The van der Waals surface area contributed by atoms with Crippen LogP contribution in [0.1, 0.15) is 25.0 Å². The van der Waals surface area contributed by atoms with Crippen LogP contribution in [0.2, 0.25) is 0 Å². The van der Waals surface area contributed by atoms with Crippen LogP contribution in [-0.2, 0) is 32.8 Å². The lowest BCUT2D eigenvalue weighted by Crippen LogP contribution is -2.54. The summed E-state index contributed by atoms with van der Waals surface area (Å²) < 4.78 is 44.1. The van der Waals surface area contributed by atoms with Gasteiger partial charge in [0.25, 0.3) is 0 Å². The summed E-state index contributed by atoms with van der Waals surface area (Å²) in [6, 6.07) is 21.0. The maximum atomic E-state index is 14.9. The van der Waals surface area contributed by atoms with E-state index in [2.05, 4.69) is 21.2 Å². The number of nitrogens with zero attached hydrogens (tertiary/aromatic N) is 3. The molecule has 3 aromatic carbocycles. The van der Waals surface area contributed by atoms with E-state index in [-0.39, 0.29) is 30.5 Å². The van der Waals surface area contributed by atoms with E-state index in [1.165, 1.54) is 37.2 Å². The summed E-state index contributed by atoms with van der Waals surface area (Å²) in [5.41, 5.74) is 1.31. The molecule has 0 aliphatic heterocycles. The Labute approximate surface area is 250 Å². The summed E-state index contributed by atoms with van der Waals surface area (Å²) in [5, 5.41) is 2.93. The van der Waals surface area contributed by atoms with Crippen LogP contribution in [0.15, 0.2) is 83.3 Å².